The minimum absolute atomic E-state index is 0.000482. The van der Waals surface area contributed by atoms with Crippen molar-refractivity contribution in [3.8, 4) is 0 Å². The van der Waals surface area contributed by atoms with E-state index in [1.165, 1.54) is 6.92 Å². The van der Waals surface area contributed by atoms with Gasteiger partial charge in [0.2, 0.25) is 23.6 Å². The lowest BCUT2D eigenvalue weighted by Gasteiger charge is -2.25. The van der Waals surface area contributed by atoms with E-state index < -0.39 is 53.8 Å². The second-order valence-electron chi connectivity index (χ2n) is 9.56. The molecule has 9 N–H and O–H groups in total. The van der Waals surface area contributed by atoms with Crippen LogP contribution in [-0.4, -0.2) is 63.9 Å². The fourth-order valence-corrected chi connectivity index (χ4v) is 4.14. The molecule has 0 saturated carbocycles. The number of para-hydroxylation sites is 1. The quantitative estimate of drug-likeness (QED) is 0.147. The van der Waals surface area contributed by atoms with Gasteiger partial charge >= 0.3 is 5.97 Å². The zero-order valence-corrected chi connectivity index (χ0v) is 22.1. The fourth-order valence-electron chi connectivity index (χ4n) is 4.14. The van der Waals surface area contributed by atoms with Crippen LogP contribution in [0.25, 0.3) is 10.9 Å². The van der Waals surface area contributed by atoms with E-state index in [2.05, 4.69) is 20.9 Å². The summed E-state index contributed by atoms with van der Waals surface area (Å²) in [5.74, 6) is -3.86. The average Bonchev–Trinajstić information content (AvgIpc) is 3.33. The molecule has 4 unspecified atom stereocenters. The van der Waals surface area contributed by atoms with Crippen LogP contribution in [-0.2, 0) is 36.8 Å². The smallest absolute Gasteiger partial charge is 0.325 e. The number of aromatic nitrogens is 1. The van der Waals surface area contributed by atoms with Crippen molar-refractivity contribution in [2.24, 2.45) is 11.5 Å². The summed E-state index contributed by atoms with van der Waals surface area (Å²) in [5.41, 5.74) is 13.4. The molecule has 4 atom stereocenters. The largest absolute Gasteiger partial charge is 0.480 e. The van der Waals surface area contributed by atoms with Crippen molar-refractivity contribution < 1.29 is 29.1 Å². The second kappa shape index (κ2) is 13.9. The Morgan fingerprint density at radius 1 is 0.850 bits per heavy atom. The number of aliphatic carboxylic acids is 1. The number of primary amides is 1. The van der Waals surface area contributed by atoms with Gasteiger partial charge in [-0.05, 0) is 30.5 Å². The Balaban J connectivity index is 1.85. The molecule has 12 nitrogen and oxygen atoms in total. The summed E-state index contributed by atoms with van der Waals surface area (Å²) >= 11 is 0. The number of H-pyrrole nitrogens is 1. The maximum absolute atomic E-state index is 13.6. The minimum Gasteiger partial charge on any atom is -0.480 e. The number of hydrogen-bond donors (Lipinski definition) is 7. The van der Waals surface area contributed by atoms with Crippen LogP contribution >= 0.6 is 0 Å². The fraction of sp³-hybridized carbons (Fsp3) is 0.321. The standard InChI is InChI=1S/C28H34N6O6/c1-16(28(39)40)32-26(37)23(14-18-15-31-21-10-6-5-9-19(18)21)34-27(38)22(13-17-7-3-2-4-8-17)33-25(36)20(29)11-12-24(30)35/h2-10,15-16,20,22-23,31H,11-14,29H2,1H3,(H2,30,35)(H,32,37)(H,33,36)(H,34,38)(H,39,40). The van der Waals surface area contributed by atoms with E-state index in [0.29, 0.717) is 0 Å². The lowest BCUT2D eigenvalue weighted by molar-refractivity contribution is -0.141. The van der Waals surface area contributed by atoms with Crippen molar-refractivity contribution in [3.63, 3.8) is 0 Å². The third kappa shape index (κ3) is 8.40. The van der Waals surface area contributed by atoms with Crippen LogP contribution in [0, 0.1) is 0 Å². The topological polar surface area (TPSA) is 210 Å². The summed E-state index contributed by atoms with van der Waals surface area (Å²) in [6.07, 6.45) is 1.77. The zero-order valence-electron chi connectivity index (χ0n) is 22.1. The van der Waals surface area contributed by atoms with Crippen LogP contribution in [0.4, 0.5) is 0 Å². The van der Waals surface area contributed by atoms with E-state index in [4.69, 9.17) is 11.5 Å². The van der Waals surface area contributed by atoms with Crippen molar-refractivity contribution in [2.75, 3.05) is 0 Å². The highest BCUT2D eigenvalue weighted by Crippen LogP contribution is 2.19. The molecule has 1 heterocycles. The van der Waals surface area contributed by atoms with Gasteiger partial charge in [0, 0.05) is 36.4 Å². The normalized spacial score (nSPS) is 13.9. The number of rotatable bonds is 14. The molecular formula is C28H34N6O6. The van der Waals surface area contributed by atoms with Gasteiger partial charge < -0.3 is 37.5 Å². The summed E-state index contributed by atoms with van der Waals surface area (Å²) in [4.78, 5) is 65.1. The molecule has 2 aromatic carbocycles. The molecule has 12 heteroatoms. The zero-order chi connectivity index (χ0) is 29.2. The molecule has 0 radical (unpaired) electrons. The van der Waals surface area contributed by atoms with Gasteiger partial charge in [-0.3, -0.25) is 24.0 Å². The average molecular weight is 551 g/mol. The molecule has 3 aromatic rings. The van der Waals surface area contributed by atoms with E-state index in [1.54, 1.807) is 30.5 Å². The van der Waals surface area contributed by atoms with Crippen molar-refractivity contribution in [2.45, 2.75) is 56.8 Å². The highest BCUT2D eigenvalue weighted by molar-refractivity contribution is 5.95. The van der Waals surface area contributed by atoms with Crippen molar-refractivity contribution >= 4 is 40.5 Å². The van der Waals surface area contributed by atoms with Crippen molar-refractivity contribution in [3.05, 3.63) is 71.9 Å². The van der Waals surface area contributed by atoms with E-state index >= 15 is 0 Å². The highest BCUT2D eigenvalue weighted by atomic mass is 16.4. The molecule has 1 aromatic heterocycles. The molecule has 212 valence electrons. The third-order valence-corrected chi connectivity index (χ3v) is 6.42. The Morgan fingerprint density at radius 2 is 1.45 bits per heavy atom. The van der Waals surface area contributed by atoms with Gasteiger partial charge in [-0.25, -0.2) is 0 Å². The Bertz CT molecular complexity index is 1360. The molecule has 0 aliphatic rings. The number of nitrogens with two attached hydrogens (primary N) is 2. The second-order valence-corrected chi connectivity index (χ2v) is 9.56. The molecule has 0 fully saturated rings. The summed E-state index contributed by atoms with van der Waals surface area (Å²) in [7, 11) is 0. The minimum atomic E-state index is -1.23. The molecule has 4 amide bonds. The predicted molar refractivity (Wildman–Crippen MR) is 148 cm³/mol. The van der Waals surface area contributed by atoms with Gasteiger partial charge in [0.05, 0.1) is 6.04 Å². The first kappa shape index (κ1) is 29.8. The molecule has 0 aliphatic carbocycles. The van der Waals surface area contributed by atoms with Crippen LogP contribution in [0.3, 0.4) is 0 Å². The van der Waals surface area contributed by atoms with Gasteiger partial charge in [0.1, 0.15) is 18.1 Å². The summed E-state index contributed by atoms with van der Waals surface area (Å²) in [6, 6.07) is 11.8. The molecule has 0 saturated heterocycles. The maximum Gasteiger partial charge on any atom is 0.325 e. The van der Waals surface area contributed by atoms with Gasteiger partial charge in [-0.1, -0.05) is 48.5 Å². The Kier molecular flexibility index (Phi) is 10.4. The van der Waals surface area contributed by atoms with Crippen molar-refractivity contribution in [1.82, 2.24) is 20.9 Å². The predicted octanol–water partition coefficient (Wildman–Crippen LogP) is 0.105. The number of carbonyl (C=O) groups is 5. The monoisotopic (exact) mass is 550 g/mol. The van der Waals surface area contributed by atoms with Gasteiger partial charge in [-0.15, -0.1) is 0 Å². The van der Waals surface area contributed by atoms with Crippen LogP contribution in [0.2, 0.25) is 0 Å². The number of nitrogens with one attached hydrogen (secondary N) is 4. The molecule has 0 aliphatic heterocycles. The maximum atomic E-state index is 13.6. The molecule has 0 bridgehead atoms. The van der Waals surface area contributed by atoms with Crippen molar-refractivity contribution in [1.29, 1.82) is 0 Å². The van der Waals surface area contributed by atoms with E-state index in [1.807, 2.05) is 30.3 Å². The Hall–Kier alpha value is -4.71. The number of amides is 4. The summed E-state index contributed by atoms with van der Waals surface area (Å²) in [5, 5.41) is 17.8. The lowest BCUT2D eigenvalue weighted by atomic mass is 10.0. The number of hydrogen-bond acceptors (Lipinski definition) is 6. The summed E-state index contributed by atoms with van der Waals surface area (Å²) in [6.45, 7) is 1.32. The first-order valence-corrected chi connectivity index (χ1v) is 12.8. The number of carboxylic acids is 1. The number of benzene rings is 2. The van der Waals surface area contributed by atoms with E-state index in [9.17, 15) is 29.1 Å². The van der Waals surface area contributed by atoms with Crippen LogP contribution < -0.4 is 27.4 Å². The van der Waals surface area contributed by atoms with Gasteiger partial charge in [0.15, 0.2) is 0 Å². The van der Waals surface area contributed by atoms with Crippen LogP contribution in [0.5, 0.6) is 0 Å². The SMILES string of the molecule is CC(NC(=O)C(Cc1c[nH]c2ccccc12)NC(=O)C(Cc1ccccc1)NC(=O)C(N)CCC(N)=O)C(=O)O. The summed E-state index contributed by atoms with van der Waals surface area (Å²) < 4.78 is 0. The molecule has 0 spiro atoms. The van der Waals surface area contributed by atoms with Crippen LogP contribution in [0.15, 0.2) is 60.8 Å². The Morgan fingerprint density at radius 3 is 2.12 bits per heavy atom. The Labute approximate surface area is 230 Å². The molecule has 3 rings (SSSR count). The molecular weight excluding hydrogens is 516 g/mol. The first-order chi connectivity index (χ1) is 19.0. The third-order valence-electron chi connectivity index (χ3n) is 6.42. The van der Waals surface area contributed by atoms with Crippen LogP contribution in [0.1, 0.15) is 30.9 Å². The number of carboxylic acid groups (broad SMARTS) is 1. The highest BCUT2D eigenvalue weighted by Gasteiger charge is 2.30. The van der Waals surface area contributed by atoms with E-state index in [0.717, 1.165) is 22.0 Å². The molecule has 40 heavy (non-hydrogen) atoms. The first-order valence-electron chi connectivity index (χ1n) is 12.8. The lowest BCUT2D eigenvalue weighted by Crippen LogP contribution is -2.58. The number of carbonyl (C=O) groups excluding carboxylic acids is 4. The van der Waals surface area contributed by atoms with E-state index in [-0.39, 0.29) is 25.7 Å². The van der Waals surface area contributed by atoms with Gasteiger partial charge in [0.25, 0.3) is 0 Å². The number of aromatic amines is 1. The number of fused-ring (bicyclic) bond motifs is 1. The van der Waals surface area contributed by atoms with Gasteiger partial charge in [-0.2, -0.15) is 0 Å².